The molecule has 0 unspecified atom stereocenters. The average molecular weight is 470 g/mol. The Bertz CT molecular complexity index is 824. The first-order valence-corrected chi connectivity index (χ1v) is 13.4. The first kappa shape index (κ1) is 27.7. The second-order valence-corrected chi connectivity index (χ2v) is 9.20. The highest BCUT2D eigenvalue weighted by molar-refractivity contribution is 5.63. The fraction of sp³-hybridized carbons (Fsp3) is 0.643. The van der Waals surface area contributed by atoms with Gasteiger partial charge in [-0.3, -0.25) is 10.1 Å². The first-order valence-electron chi connectivity index (χ1n) is 13.4. The summed E-state index contributed by atoms with van der Waals surface area (Å²) in [6, 6.07) is 4.99. The molecule has 188 valence electrons. The zero-order valence-corrected chi connectivity index (χ0v) is 21.3. The molecule has 0 saturated heterocycles. The highest BCUT2D eigenvalue weighted by Crippen LogP contribution is 2.31. The van der Waals surface area contributed by atoms with Gasteiger partial charge in [-0.05, 0) is 37.0 Å². The Balaban J connectivity index is 1.78. The lowest BCUT2D eigenvalue weighted by Crippen LogP contribution is -2.01. The largest absolute Gasteiger partial charge is 0.487 e. The highest BCUT2D eigenvalue weighted by Gasteiger charge is 2.17. The maximum absolute atomic E-state index is 11.6. The number of nitro benzene ring substituents is 1. The third-order valence-electron chi connectivity index (χ3n) is 6.19. The molecule has 0 amide bonds. The number of rotatable bonds is 19. The van der Waals surface area contributed by atoms with E-state index in [1.165, 1.54) is 76.7 Å². The van der Waals surface area contributed by atoms with Crippen molar-refractivity contribution >= 4 is 5.69 Å². The van der Waals surface area contributed by atoms with Gasteiger partial charge in [0.15, 0.2) is 11.6 Å². The number of ether oxygens (including phenoxy) is 1. The van der Waals surface area contributed by atoms with Crippen molar-refractivity contribution in [3.63, 3.8) is 0 Å². The Kier molecular flexibility index (Phi) is 13.9. The van der Waals surface area contributed by atoms with Crippen molar-refractivity contribution in [2.24, 2.45) is 0 Å². The monoisotopic (exact) mass is 469 g/mol. The summed E-state index contributed by atoms with van der Waals surface area (Å²) >= 11 is 0. The summed E-state index contributed by atoms with van der Waals surface area (Å²) in [6.07, 6.45) is 21.9. The lowest BCUT2D eigenvalue weighted by molar-refractivity contribution is -0.385. The maximum Gasteiger partial charge on any atom is 0.311 e. The van der Waals surface area contributed by atoms with E-state index in [1.54, 1.807) is 12.1 Å². The minimum atomic E-state index is -0.389. The normalized spacial score (nSPS) is 11.0. The third kappa shape index (κ3) is 10.6. The van der Waals surface area contributed by atoms with Gasteiger partial charge in [-0.2, -0.15) is 0 Å². The van der Waals surface area contributed by atoms with Crippen molar-refractivity contribution in [3.8, 4) is 17.1 Å². The summed E-state index contributed by atoms with van der Waals surface area (Å²) in [5.74, 6) is 0.818. The van der Waals surface area contributed by atoms with Crippen molar-refractivity contribution in [2.75, 3.05) is 6.61 Å². The molecule has 1 aromatic carbocycles. The molecule has 0 N–H and O–H groups in total. The molecule has 0 aliphatic rings. The van der Waals surface area contributed by atoms with Crippen LogP contribution in [0.4, 0.5) is 5.69 Å². The molecule has 1 aromatic heterocycles. The van der Waals surface area contributed by atoms with E-state index in [4.69, 9.17) is 4.74 Å². The minimum absolute atomic E-state index is 0.0307. The van der Waals surface area contributed by atoms with Crippen LogP contribution in [0.3, 0.4) is 0 Å². The lowest BCUT2D eigenvalue weighted by Gasteiger charge is -2.08. The number of aromatic nitrogens is 2. The SMILES string of the molecule is CCCCCCCCCCCCOc1ccc(-c2ncc(CCCCCC)cn2)cc1[N+](=O)[O-]. The van der Waals surface area contributed by atoms with E-state index in [0.717, 1.165) is 31.2 Å². The zero-order chi connectivity index (χ0) is 24.4. The predicted octanol–water partition coefficient (Wildman–Crippen LogP) is 8.47. The Hall–Kier alpha value is -2.50. The minimum Gasteiger partial charge on any atom is -0.487 e. The van der Waals surface area contributed by atoms with Gasteiger partial charge in [-0.1, -0.05) is 90.9 Å². The number of hydrogen-bond donors (Lipinski definition) is 0. The molecule has 0 atom stereocenters. The molecule has 0 aliphatic carbocycles. The Morgan fingerprint density at radius 3 is 1.94 bits per heavy atom. The highest BCUT2D eigenvalue weighted by atomic mass is 16.6. The standard InChI is InChI=1S/C28H43N3O3/c1-3-5-7-9-10-11-12-13-14-16-20-34-27-19-18-25(21-26(27)31(32)33)28-29-22-24(23-30-28)17-15-8-6-4-2/h18-19,21-23H,3-17,20H2,1-2H3. The fourth-order valence-corrected chi connectivity index (χ4v) is 4.08. The van der Waals surface area contributed by atoms with E-state index in [9.17, 15) is 10.1 Å². The van der Waals surface area contributed by atoms with Crippen molar-refractivity contribution < 1.29 is 9.66 Å². The number of aryl methyl sites for hydroxylation is 1. The molecule has 0 aliphatic heterocycles. The van der Waals surface area contributed by atoms with Crippen molar-refractivity contribution in [2.45, 2.75) is 110 Å². The fourth-order valence-electron chi connectivity index (χ4n) is 4.08. The molecule has 0 fully saturated rings. The molecule has 0 radical (unpaired) electrons. The number of nitrogens with zero attached hydrogens (tertiary/aromatic N) is 3. The number of unbranched alkanes of at least 4 members (excludes halogenated alkanes) is 12. The average Bonchev–Trinajstić information content (AvgIpc) is 2.85. The maximum atomic E-state index is 11.6. The van der Waals surface area contributed by atoms with Crippen LogP contribution >= 0.6 is 0 Å². The quantitative estimate of drug-likeness (QED) is 0.117. The van der Waals surface area contributed by atoms with Crippen LogP contribution in [0.2, 0.25) is 0 Å². The van der Waals surface area contributed by atoms with Crippen LogP contribution in [0.1, 0.15) is 109 Å². The first-order chi connectivity index (χ1) is 16.7. The van der Waals surface area contributed by atoms with E-state index < -0.39 is 0 Å². The number of hydrogen-bond acceptors (Lipinski definition) is 5. The van der Waals surface area contributed by atoms with Crippen LogP contribution in [-0.4, -0.2) is 21.5 Å². The van der Waals surface area contributed by atoms with Crippen LogP contribution in [0.15, 0.2) is 30.6 Å². The molecule has 6 nitrogen and oxygen atoms in total. The van der Waals surface area contributed by atoms with Gasteiger partial charge < -0.3 is 4.74 Å². The summed E-state index contributed by atoms with van der Waals surface area (Å²) in [5, 5.41) is 11.6. The molecule has 2 aromatic rings. The smallest absolute Gasteiger partial charge is 0.311 e. The number of nitro groups is 1. The summed E-state index contributed by atoms with van der Waals surface area (Å²) in [6.45, 7) is 4.94. The molecule has 2 rings (SSSR count). The zero-order valence-electron chi connectivity index (χ0n) is 21.3. The van der Waals surface area contributed by atoms with E-state index in [1.807, 2.05) is 12.4 Å². The predicted molar refractivity (Wildman–Crippen MR) is 139 cm³/mol. The van der Waals surface area contributed by atoms with Gasteiger partial charge in [0.2, 0.25) is 0 Å². The second kappa shape index (κ2) is 17.0. The summed E-state index contributed by atoms with van der Waals surface area (Å²) in [7, 11) is 0. The van der Waals surface area contributed by atoms with Crippen molar-refractivity contribution in [1.29, 1.82) is 0 Å². The van der Waals surface area contributed by atoms with Gasteiger partial charge in [0.05, 0.1) is 11.5 Å². The van der Waals surface area contributed by atoms with E-state index >= 15 is 0 Å². The molecule has 0 spiro atoms. The summed E-state index contributed by atoms with van der Waals surface area (Å²) in [5.41, 5.74) is 1.71. The lowest BCUT2D eigenvalue weighted by atomic mass is 10.1. The second-order valence-electron chi connectivity index (χ2n) is 9.20. The molecule has 0 bridgehead atoms. The van der Waals surface area contributed by atoms with Gasteiger partial charge in [0.1, 0.15) is 0 Å². The van der Waals surface area contributed by atoms with Crippen molar-refractivity contribution in [1.82, 2.24) is 9.97 Å². The van der Waals surface area contributed by atoms with E-state index in [0.29, 0.717) is 23.7 Å². The Morgan fingerprint density at radius 2 is 1.35 bits per heavy atom. The van der Waals surface area contributed by atoms with Gasteiger partial charge in [-0.25, -0.2) is 9.97 Å². The molecule has 1 heterocycles. The van der Waals surface area contributed by atoms with E-state index in [2.05, 4.69) is 23.8 Å². The van der Waals surface area contributed by atoms with E-state index in [-0.39, 0.29) is 10.6 Å². The molecule has 34 heavy (non-hydrogen) atoms. The Labute approximate surface area is 205 Å². The Morgan fingerprint density at radius 1 is 0.794 bits per heavy atom. The van der Waals surface area contributed by atoms with Gasteiger partial charge >= 0.3 is 5.69 Å². The van der Waals surface area contributed by atoms with Crippen LogP contribution in [-0.2, 0) is 6.42 Å². The van der Waals surface area contributed by atoms with Crippen LogP contribution < -0.4 is 4.74 Å². The molecular weight excluding hydrogens is 426 g/mol. The molecule has 6 heteroatoms. The summed E-state index contributed by atoms with van der Waals surface area (Å²) in [4.78, 5) is 20.1. The van der Waals surface area contributed by atoms with Gasteiger partial charge in [-0.15, -0.1) is 0 Å². The van der Waals surface area contributed by atoms with Crippen LogP contribution in [0.25, 0.3) is 11.4 Å². The van der Waals surface area contributed by atoms with Gasteiger partial charge in [0.25, 0.3) is 0 Å². The molecule has 0 saturated carbocycles. The number of benzene rings is 1. The van der Waals surface area contributed by atoms with Crippen LogP contribution in [0.5, 0.6) is 5.75 Å². The van der Waals surface area contributed by atoms with Crippen molar-refractivity contribution in [3.05, 3.63) is 46.3 Å². The van der Waals surface area contributed by atoms with Gasteiger partial charge in [0, 0.05) is 24.0 Å². The molecular formula is C28H43N3O3. The topological polar surface area (TPSA) is 78.2 Å². The summed E-state index contributed by atoms with van der Waals surface area (Å²) < 4.78 is 5.76. The third-order valence-corrected chi connectivity index (χ3v) is 6.19. The van der Waals surface area contributed by atoms with Crippen LogP contribution in [0, 0.1) is 10.1 Å².